The summed E-state index contributed by atoms with van der Waals surface area (Å²) in [5, 5.41) is 7.69. The topological polar surface area (TPSA) is 64.8 Å². The van der Waals surface area contributed by atoms with Crippen molar-refractivity contribution in [3.05, 3.63) is 53.6 Å². The molecular formula is C12H8ClN3O2S. The Kier molecular flexibility index (Phi) is 2.76. The van der Waals surface area contributed by atoms with Crippen LogP contribution in [0, 0.1) is 0 Å². The molecule has 0 fully saturated rings. The minimum Gasteiger partial charge on any atom is -0.199 e. The summed E-state index contributed by atoms with van der Waals surface area (Å²) < 4.78 is 25.9. The number of hydrogen-bond donors (Lipinski definition) is 0. The Labute approximate surface area is 114 Å². The summed E-state index contributed by atoms with van der Waals surface area (Å²) in [6, 6.07) is 13.1. The molecule has 0 saturated carbocycles. The molecule has 0 unspecified atom stereocenters. The van der Waals surface area contributed by atoms with E-state index in [0.29, 0.717) is 11.0 Å². The number of halogens is 1. The molecule has 0 spiro atoms. The van der Waals surface area contributed by atoms with Gasteiger partial charge in [0.05, 0.1) is 5.02 Å². The van der Waals surface area contributed by atoms with Crippen LogP contribution in [-0.4, -0.2) is 22.8 Å². The van der Waals surface area contributed by atoms with E-state index in [9.17, 15) is 8.42 Å². The van der Waals surface area contributed by atoms with E-state index in [0.717, 1.165) is 4.09 Å². The maximum Gasteiger partial charge on any atom is 0.286 e. The SMILES string of the molecule is O=S(=O)(c1ccccc1Cl)n1nnc2ccccc21. The molecule has 0 saturated heterocycles. The van der Waals surface area contributed by atoms with E-state index in [2.05, 4.69) is 10.3 Å². The van der Waals surface area contributed by atoms with Gasteiger partial charge in [-0.3, -0.25) is 0 Å². The van der Waals surface area contributed by atoms with Crippen molar-refractivity contribution in [1.82, 2.24) is 14.4 Å². The van der Waals surface area contributed by atoms with Gasteiger partial charge < -0.3 is 0 Å². The molecule has 0 atom stereocenters. The van der Waals surface area contributed by atoms with Gasteiger partial charge in [-0.05, 0) is 24.3 Å². The van der Waals surface area contributed by atoms with E-state index in [-0.39, 0.29) is 9.92 Å². The van der Waals surface area contributed by atoms with Crippen molar-refractivity contribution in [2.24, 2.45) is 0 Å². The molecule has 3 rings (SSSR count). The van der Waals surface area contributed by atoms with Gasteiger partial charge in [0, 0.05) is 0 Å². The van der Waals surface area contributed by atoms with Gasteiger partial charge in [-0.1, -0.05) is 41.1 Å². The summed E-state index contributed by atoms with van der Waals surface area (Å²) in [7, 11) is -3.84. The number of hydrogen-bond acceptors (Lipinski definition) is 4. The van der Waals surface area contributed by atoms with Gasteiger partial charge >= 0.3 is 0 Å². The van der Waals surface area contributed by atoms with Crippen LogP contribution >= 0.6 is 11.6 Å². The van der Waals surface area contributed by atoms with Crippen LogP contribution in [0.25, 0.3) is 11.0 Å². The summed E-state index contributed by atoms with van der Waals surface area (Å²) in [5.74, 6) is 0. The van der Waals surface area contributed by atoms with Crippen LogP contribution in [0.5, 0.6) is 0 Å². The smallest absolute Gasteiger partial charge is 0.199 e. The Balaban J connectivity index is 2.29. The first-order chi connectivity index (χ1) is 9.10. The molecule has 3 aromatic rings. The van der Waals surface area contributed by atoms with Crippen LogP contribution in [0.3, 0.4) is 0 Å². The Morgan fingerprint density at radius 1 is 1.00 bits per heavy atom. The number of rotatable bonds is 2. The number of aromatic nitrogens is 3. The highest BCUT2D eigenvalue weighted by Gasteiger charge is 2.23. The molecule has 0 amide bonds. The highest BCUT2D eigenvalue weighted by Crippen LogP contribution is 2.24. The summed E-state index contributed by atoms with van der Waals surface area (Å²) >= 11 is 5.94. The second-order valence-corrected chi connectivity index (χ2v) is 6.00. The molecule has 0 aliphatic heterocycles. The number of benzene rings is 2. The molecule has 0 radical (unpaired) electrons. The Bertz CT molecular complexity index is 858. The molecule has 19 heavy (non-hydrogen) atoms. The molecule has 0 bridgehead atoms. The van der Waals surface area contributed by atoms with Crippen molar-refractivity contribution in [1.29, 1.82) is 0 Å². The van der Waals surface area contributed by atoms with Crippen LogP contribution < -0.4 is 0 Å². The first-order valence-corrected chi connectivity index (χ1v) is 7.23. The average molecular weight is 294 g/mol. The van der Waals surface area contributed by atoms with Crippen LogP contribution in [0.2, 0.25) is 5.02 Å². The van der Waals surface area contributed by atoms with E-state index in [1.165, 1.54) is 12.1 Å². The lowest BCUT2D eigenvalue weighted by molar-refractivity contribution is 0.579. The van der Waals surface area contributed by atoms with Crippen LogP contribution in [-0.2, 0) is 10.0 Å². The quantitative estimate of drug-likeness (QED) is 0.727. The predicted octanol–water partition coefficient (Wildman–Crippen LogP) is 2.32. The minimum atomic E-state index is -3.84. The highest BCUT2D eigenvalue weighted by atomic mass is 35.5. The largest absolute Gasteiger partial charge is 0.286 e. The van der Waals surface area contributed by atoms with Gasteiger partial charge in [0.1, 0.15) is 15.9 Å². The molecule has 1 aromatic heterocycles. The van der Waals surface area contributed by atoms with Crippen molar-refractivity contribution in [2.45, 2.75) is 4.90 Å². The lowest BCUT2D eigenvalue weighted by atomic mass is 10.3. The summed E-state index contributed by atoms with van der Waals surface area (Å²) in [5.41, 5.74) is 0.931. The molecule has 0 aliphatic rings. The predicted molar refractivity (Wildman–Crippen MR) is 71.6 cm³/mol. The fourth-order valence-corrected chi connectivity index (χ4v) is 3.50. The van der Waals surface area contributed by atoms with Gasteiger partial charge in [0.2, 0.25) is 0 Å². The van der Waals surface area contributed by atoms with Crippen molar-refractivity contribution in [3.63, 3.8) is 0 Å². The zero-order chi connectivity index (χ0) is 13.5. The van der Waals surface area contributed by atoms with E-state index in [1.54, 1.807) is 36.4 Å². The Morgan fingerprint density at radius 3 is 2.47 bits per heavy atom. The standard InChI is InChI=1S/C12H8ClN3O2S/c13-9-5-1-4-8-12(9)19(17,18)16-11-7-3-2-6-10(11)14-15-16/h1-8H. The molecule has 96 valence electrons. The maximum atomic E-state index is 12.5. The van der Waals surface area contributed by atoms with Gasteiger partial charge in [-0.25, -0.2) is 0 Å². The Morgan fingerprint density at radius 2 is 1.68 bits per heavy atom. The molecule has 5 nitrogen and oxygen atoms in total. The van der Waals surface area contributed by atoms with E-state index >= 15 is 0 Å². The highest BCUT2D eigenvalue weighted by molar-refractivity contribution is 7.90. The number of nitrogens with zero attached hydrogens (tertiary/aromatic N) is 3. The second-order valence-electron chi connectivity index (χ2n) is 3.86. The third-order valence-electron chi connectivity index (χ3n) is 2.66. The lowest BCUT2D eigenvalue weighted by Gasteiger charge is -2.06. The van der Waals surface area contributed by atoms with E-state index in [1.807, 2.05) is 0 Å². The monoisotopic (exact) mass is 293 g/mol. The third-order valence-corrected chi connectivity index (χ3v) is 4.74. The molecule has 0 aliphatic carbocycles. The third kappa shape index (κ3) is 1.89. The van der Waals surface area contributed by atoms with Gasteiger partial charge in [0.15, 0.2) is 0 Å². The molecule has 7 heteroatoms. The van der Waals surface area contributed by atoms with Crippen LogP contribution in [0.15, 0.2) is 53.4 Å². The fourth-order valence-electron chi connectivity index (χ4n) is 1.77. The summed E-state index contributed by atoms with van der Waals surface area (Å²) in [6.45, 7) is 0. The fraction of sp³-hybridized carbons (Fsp3) is 0. The normalized spacial score (nSPS) is 11.8. The molecule has 0 N–H and O–H groups in total. The molecular weight excluding hydrogens is 286 g/mol. The van der Waals surface area contributed by atoms with Crippen molar-refractivity contribution >= 4 is 32.7 Å². The first-order valence-electron chi connectivity index (χ1n) is 5.41. The first kappa shape index (κ1) is 12.1. The summed E-state index contributed by atoms with van der Waals surface area (Å²) in [6.07, 6.45) is 0. The summed E-state index contributed by atoms with van der Waals surface area (Å²) in [4.78, 5) is 0.00678. The second kappa shape index (κ2) is 4.32. The average Bonchev–Trinajstić information content (AvgIpc) is 2.83. The molecule has 2 aromatic carbocycles. The number of fused-ring (bicyclic) bond motifs is 1. The lowest BCUT2D eigenvalue weighted by Crippen LogP contribution is -2.15. The molecule has 1 heterocycles. The van der Waals surface area contributed by atoms with Gasteiger partial charge in [0.25, 0.3) is 10.0 Å². The van der Waals surface area contributed by atoms with Gasteiger partial charge in [-0.2, -0.15) is 8.42 Å². The maximum absolute atomic E-state index is 12.5. The minimum absolute atomic E-state index is 0.00678. The number of para-hydroxylation sites is 1. The zero-order valence-electron chi connectivity index (χ0n) is 9.56. The van der Waals surface area contributed by atoms with Crippen LogP contribution in [0.1, 0.15) is 0 Å². The Hall–Kier alpha value is -1.92. The van der Waals surface area contributed by atoms with Crippen molar-refractivity contribution in [3.8, 4) is 0 Å². The van der Waals surface area contributed by atoms with E-state index < -0.39 is 10.0 Å². The van der Waals surface area contributed by atoms with Crippen molar-refractivity contribution in [2.75, 3.05) is 0 Å². The zero-order valence-corrected chi connectivity index (χ0v) is 11.1. The van der Waals surface area contributed by atoms with Gasteiger partial charge in [-0.15, -0.1) is 9.19 Å². The van der Waals surface area contributed by atoms with E-state index in [4.69, 9.17) is 11.6 Å². The van der Waals surface area contributed by atoms with Crippen LogP contribution in [0.4, 0.5) is 0 Å². The van der Waals surface area contributed by atoms with Crippen molar-refractivity contribution < 1.29 is 8.42 Å².